The summed E-state index contributed by atoms with van der Waals surface area (Å²) < 4.78 is 8.42. The number of nitrogens with zero attached hydrogens (tertiary/aromatic N) is 5. The van der Waals surface area contributed by atoms with Crippen molar-refractivity contribution >= 4 is 16.9 Å². The SMILES string of the molecule is CCN(CC1CCOC1)C(=O)CCn1cnc2c(cnn2C)c1=O. The van der Waals surface area contributed by atoms with Gasteiger partial charge in [0.05, 0.1) is 19.1 Å². The Bertz CT molecular complexity index is 776. The second-order valence-electron chi connectivity index (χ2n) is 6.16. The van der Waals surface area contributed by atoms with Crippen LogP contribution in [0.2, 0.25) is 0 Å². The van der Waals surface area contributed by atoms with E-state index in [0.717, 1.165) is 26.2 Å². The van der Waals surface area contributed by atoms with Crippen molar-refractivity contribution in [3.63, 3.8) is 0 Å². The molecule has 1 atom stereocenters. The lowest BCUT2D eigenvalue weighted by Gasteiger charge is -2.23. The second kappa shape index (κ2) is 7.12. The molecule has 3 heterocycles. The summed E-state index contributed by atoms with van der Waals surface area (Å²) in [5.74, 6) is 0.479. The Balaban J connectivity index is 1.64. The number of carbonyl (C=O) groups is 1. The van der Waals surface area contributed by atoms with E-state index < -0.39 is 0 Å². The monoisotopic (exact) mass is 333 g/mol. The summed E-state index contributed by atoms with van der Waals surface area (Å²) in [5.41, 5.74) is 0.395. The molecule has 0 radical (unpaired) electrons. The number of aromatic nitrogens is 4. The van der Waals surface area contributed by atoms with Crippen molar-refractivity contribution in [3.8, 4) is 0 Å². The first kappa shape index (κ1) is 16.6. The minimum atomic E-state index is -0.159. The molecule has 1 unspecified atom stereocenters. The third-order valence-electron chi connectivity index (χ3n) is 4.52. The van der Waals surface area contributed by atoms with Gasteiger partial charge in [0.1, 0.15) is 5.39 Å². The summed E-state index contributed by atoms with van der Waals surface area (Å²) in [4.78, 5) is 30.9. The van der Waals surface area contributed by atoms with Crippen molar-refractivity contribution in [1.82, 2.24) is 24.2 Å². The molecule has 1 saturated heterocycles. The molecule has 8 nitrogen and oxygen atoms in total. The van der Waals surface area contributed by atoms with Gasteiger partial charge in [-0.05, 0) is 13.3 Å². The van der Waals surface area contributed by atoms with Crippen LogP contribution in [0.25, 0.3) is 11.0 Å². The quantitative estimate of drug-likeness (QED) is 0.764. The molecule has 0 saturated carbocycles. The lowest BCUT2D eigenvalue weighted by atomic mass is 10.1. The maximum Gasteiger partial charge on any atom is 0.264 e. The maximum absolute atomic E-state index is 12.4. The Morgan fingerprint density at radius 2 is 2.33 bits per heavy atom. The van der Waals surface area contributed by atoms with Crippen LogP contribution in [0.4, 0.5) is 0 Å². The van der Waals surface area contributed by atoms with Gasteiger partial charge >= 0.3 is 0 Å². The third kappa shape index (κ3) is 3.33. The van der Waals surface area contributed by atoms with Crippen LogP contribution in [-0.2, 0) is 23.1 Å². The van der Waals surface area contributed by atoms with E-state index in [4.69, 9.17) is 4.74 Å². The number of hydrogen-bond donors (Lipinski definition) is 0. The van der Waals surface area contributed by atoms with Gasteiger partial charge < -0.3 is 9.64 Å². The molecule has 0 aromatic carbocycles. The van der Waals surface area contributed by atoms with Crippen LogP contribution >= 0.6 is 0 Å². The molecule has 0 N–H and O–H groups in total. The van der Waals surface area contributed by atoms with Crippen LogP contribution in [0.5, 0.6) is 0 Å². The van der Waals surface area contributed by atoms with Crippen molar-refractivity contribution in [2.75, 3.05) is 26.3 Å². The number of carbonyl (C=O) groups excluding carboxylic acids is 1. The lowest BCUT2D eigenvalue weighted by molar-refractivity contribution is -0.131. The molecule has 24 heavy (non-hydrogen) atoms. The fourth-order valence-corrected chi connectivity index (χ4v) is 3.05. The molecule has 130 valence electrons. The molecule has 8 heteroatoms. The number of hydrogen-bond acceptors (Lipinski definition) is 5. The molecular formula is C16H23N5O3. The molecule has 1 fully saturated rings. The molecule has 0 bridgehead atoms. The summed E-state index contributed by atoms with van der Waals surface area (Å²) >= 11 is 0. The highest BCUT2D eigenvalue weighted by atomic mass is 16.5. The van der Waals surface area contributed by atoms with Gasteiger partial charge in [0.25, 0.3) is 5.56 Å². The third-order valence-corrected chi connectivity index (χ3v) is 4.52. The smallest absolute Gasteiger partial charge is 0.264 e. The van der Waals surface area contributed by atoms with Gasteiger partial charge in [0.2, 0.25) is 5.91 Å². The van der Waals surface area contributed by atoms with Crippen molar-refractivity contribution in [2.24, 2.45) is 13.0 Å². The predicted octanol–water partition coefficient (Wildman–Crippen LogP) is 0.405. The van der Waals surface area contributed by atoms with E-state index in [1.807, 2.05) is 11.8 Å². The highest BCUT2D eigenvalue weighted by molar-refractivity contribution is 5.76. The van der Waals surface area contributed by atoms with Crippen LogP contribution in [0.15, 0.2) is 17.3 Å². The van der Waals surface area contributed by atoms with Gasteiger partial charge in [0, 0.05) is 45.6 Å². The largest absolute Gasteiger partial charge is 0.381 e. The van der Waals surface area contributed by atoms with Crippen molar-refractivity contribution in [3.05, 3.63) is 22.9 Å². The van der Waals surface area contributed by atoms with E-state index in [-0.39, 0.29) is 17.9 Å². The standard InChI is InChI=1S/C16H23N5O3/c1-3-20(9-12-5-7-24-10-12)14(22)4-6-21-11-17-15-13(16(21)23)8-18-19(15)2/h8,11-12H,3-7,9-10H2,1-2H3. The predicted molar refractivity (Wildman–Crippen MR) is 88.6 cm³/mol. The average molecular weight is 333 g/mol. The zero-order valence-corrected chi connectivity index (χ0v) is 14.1. The molecule has 2 aromatic heterocycles. The van der Waals surface area contributed by atoms with E-state index in [1.54, 1.807) is 11.7 Å². The fourth-order valence-electron chi connectivity index (χ4n) is 3.05. The van der Waals surface area contributed by atoms with Gasteiger partial charge in [-0.2, -0.15) is 5.10 Å². The first-order chi connectivity index (χ1) is 11.6. The molecule has 2 aromatic rings. The van der Waals surface area contributed by atoms with Crippen LogP contribution in [-0.4, -0.2) is 56.4 Å². The Labute approximate surface area is 140 Å². The van der Waals surface area contributed by atoms with E-state index in [0.29, 0.717) is 30.0 Å². The van der Waals surface area contributed by atoms with E-state index >= 15 is 0 Å². The Morgan fingerprint density at radius 3 is 3.04 bits per heavy atom. The van der Waals surface area contributed by atoms with Crippen molar-refractivity contribution < 1.29 is 9.53 Å². The summed E-state index contributed by atoms with van der Waals surface area (Å²) in [7, 11) is 1.74. The average Bonchev–Trinajstić information content (AvgIpc) is 3.22. The number of ether oxygens (including phenoxy) is 1. The Kier molecular flexibility index (Phi) is 4.94. The second-order valence-corrected chi connectivity index (χ2v) is 6.16. The highest BCUT2D eigenvalue weighted by Gasteiger charge is 2.21. The molecule has 1 aliphatic heterocycles. The number of aryl methyl sites for hydroxylation is 2. The zero-order valence-electron chi connectivity index (χ0n) is 14.1. The summed E-state index contributed by atoms with van der Waals surface area (Å²) in [6.45, 7) is 5.21. The normalized spacial score (nSPS) is 17.5. The maximum atomic E-state index is 12.4. The summed E-state index contributed by atoms with van der Waals surface area (Å²) in [5, 5.41) is 4.52. The summed E-state index contributed by atoms with van der Waals surface area (Å²) in [6, 6.07) is 0. The molecule has 3 rings (SSSR count). The summed E-state index contributed by atoms with van der Waals surface area (Å²) in [6.07, 6.45) is 4.29. The van der Waals surface area contributed by atoms with Crippen LogP contribution in [0.1, 0.15) is 19.8 Å². The van der Waals surface area contributed by atoms with E-state index in [9.17, 15) is 9.59 Å². The zero-order chi connectivity index (χ0) is 17.1. The first-order valence-corrected chi connectivity index (χ1v) is 8.32. The van der Waals surface area contributed by atoms with Crippen LogP contribution in [0, 0.1) is 5.92 Å². The lowest BCUT2D eigenvalue weighted by Crippen LogP contribution is -2.36. The molecular weight excluding hydrogens is 310 g/mol. The Hall–Kier alpha value is -2.22. The van der Waals surface area contributed by atoms with Gasteiger partial charge in [-0.25, -0.2) is 4.98 Å². The van der Waals surface area contributed by atoms with Gasteiger partial charge in [-0.15, -0.1) is 0 Å². The van der Waals surface area contributed by atoms with Gasteiger partial charge in [0.15, 0.2) is 5.65 Å². The number of rotatable bonds is 6. The topological polar surface area (TPSA) is 82.2 Å². The van der Waals surface area contributed by atoms with Crippen LogP contribution in [0.3, 0.4) is 0 Å². The first-order valence-electron chi connectivity index (χ1n) is 8.32. The van der Waals surface area contributed by atoms with E-state index in [1.165, 1.54) is 17.1 Å². The fraction of sp³-hybridized carbons (Fsp3) is 0.625. The molecule has 0 aliphatic carbocycles. The van der Waals surface area contributed by atoms with Crippen LogP contribution < -0.4 is 5.56 Å². The van der Waals surface area contributed by atoms with Gasteiger partial charge in [-0.1, -0.05) is 0 Å². The van der Waals surface area contributed by atoms with E-state index in [2.05, 4.69) is 10.1 Å². The minimum absolute atomic E-state index is 0.0579. The molecule has 1 aliphatic rings. The number of fused-ring (bicyclic) bond motifs is 1. The van der Waals surface area contributed by atoms with Crippen molar-refractivity contribution in [1.29, 1.82) is 0 Å². The number of amides is 1. The van der Waals surface area contributed by atoms with Crippen molar-refractivity contribution in [2.45, 2.75) is 26.3 Å². The van der Waals surface area contributed by atoms with Gasteiger partial charge in [-0.3, -0.25) is 18.8 Å². The molecule has 1 amide bonds. The molecule has 0 spiro atoms. The Morgan fingerprint density at radius 1 is 1.50 bits per heavy atom. The highest BCUT2D eigenvalue weighted by Crippen LogP contribution is 2.14. The minimum Gasteiger partial charge on any atom is -0.381 e.